The van der Waals surface area contributed by atoms with Gasteiger partial charge in [-0.1, -0.05) is 36.4 Å². The van der Waals surface area contributed by atoms with Gasteiger partial charge in [0.05, 0.1) is 11.7 Å². The third-order valence-electron chi connectivity index (χ3n) is 3.85. The van der Waals surface area contributed by atoms with Gasteiger partial charge in [-0.3, -0.25) is 9.88 Å². The van der Waals surface area contributed by atoms with Gasteiger partial charge in [-0.05, 0) is 24.1 Å². The molecule has 0 saturated carbocycles. The average molecular weight is 267 g/mol. The molecule has 1 aromatic heterocycles. The van der Waals surface area contributed by atoms with E-state index in [1.54, 1.807) is 0 Å². The van der Waals surface area contributed by atoms with Crippen LogP contribution in [0.1, 0.15) is 22.9 Å². The largest absolute Gasteiger partial charge is 0.314 e. The number of pyridine rings is 1. The number of aromatic nitrogens is 1. The molecule has 1 aromatic carbocycles. The Morgan fingerprint density at radius 2 is 1.80 bits per heavy atom. The van der Waals surface area contributed by atoms with Crippen molar-refractivity contribution >= 4 is 0 Å². The Labute approximate surface area is 120 Å². The number of benzene rings is 1. The fraction of sp³-hybridized carbons (Fsp3) is 0.353. The highest BCUT2D eigenvalue weighted by molar-refractivity contribution is 5.29. The van der Waals surface area contributed by atoms with E-state index in [4.69, 9.17) is 0 Å². The molecule has 0 spiro atoms. The first-order valence-electron chi connectivity index (χ1n) is 7.27. The number of nitrogens with zero attached hydrogens (tertiary/aromatic N) is 2. The van der Waals surface area contributed by atoms with E-state index < -0.39 is 0 Å². The summed E-state index contributed by atoms with van der Waals surface area (Å²) >= 11 is 0. The van der Waals surface area contributed by atoms with Crippen molar-refractivity contribution in [2.75, 3.05) is 26.2 Å². The van der Waals surface area contributed by atoms with E-state index in [-0.39, 0.29) is 6.04 Å². The number of rotatable bonds is 3. The lowest BCUT2D eigenvalue weighted by Gasteiger charge is -2.35. The molecule has 1 saturated heterocycles. The summed E-state index contributed by atoms with van der Waals surface area (Å²) in [5, 5.41) is 3.42. The SMILES string of the molecule is Cc1ccc(C(c2ccccc2)N2CCNCC2)nc1. The first-order valence-corrected chi connectivity index (χ1v) is 7.27. The van der Waals surface area contributed by atoms with Crippen LogP contribution < -0.4 is 5.32 Å². The summed E-state index contributed by atoms with van der Waals surface area (Å²) in [6, 6.07) is 15.3. The van der Waals surface area contributed by atoms with E-state index >= 15 is 0 Å². The molecule has 1 N–H and O–H groups in total. The van der Waals surface area contributed by atoms with Crippen LogP contribution in [0.25, 0.3) is 0 Å². The van der Waals surface area contributed by atoms with Crippen LogP contribution in [0.3, 0.4) is 0 Å². The zero-order valence-corrected chi connectivity index (χ0v) is 11.9. The summed E-state index contributed by atoms with van der Waals surface area (Å²) in [7, 11) is 0. The van der Waals surface area contributed by atoms with E-state index in [9.17, 15) is 0 Å². The molecular formula is C17H21N3. The molecule has 2 aromatic rings. The van der Waals surface area contributed by atoms with Crippen molar-refractivity contribution in [3.8, 4) is 0 Å². The number of nitrogens with one attached hydrogen (secondary N) is 1. The molecule has 1 aliphatic heterocycles. The van der Waals surface area contributed by atoms with Crippen LogP contribution in [0, 0.1) is 6.92 Å². The molecule has 0 amide bonds. The van der Waals surface area contributed by atoms with Gasteiger partial charge in [0.1, 0.15) is 0 Å². The van der Waals surface area contributed by atoms with Gasteiger partial charge in [0, 0.05) is 32.4 Å². The molecule has 0 aliphatic carbocycles. The van der Waals surface area contributed by atoms with E-state index in [2.05, 4.69) is 64.6 Å². The molecule has 20 heavy (non-hydrogen) atoms. The highest BCUT2D eigenvalue weighted by Gasteiger charge is 2.24. The van der Waals surface area contributed by atoms with Crippen LogP contribution in [-0.4, -0.2) is 36.1 Å². The average Bonchev–Trinajstić information content (AvgIpc) is 2.52. The lowest BCUT2D eigenvalue weighted by Crippen LogP contribution is -2.45. The molecule has 3 nitrogen and oxygen atoms in total. The summed E-state index contributed by atoms with van der Waals surface area (Å²) in [6.45, 7) is 6.31. The monoisotopic (exact) mass is 267 g/mol. The predicted octanol–water partition coefficient (Wildman–Crippen LogP) is 2.38. The molecule has 1 fully saturated rings. The van der Waals surface area contributed by atoms with Gasteiger partial charge in [-0.2, -0.15) is 0 Å². The second-order valence-corrected chi connectivity index (χ2v) is 5.36. The van der Waals surface area contributed by atoms with Gasteiger partial charge in [-0.25, -0.2) is 0 Å². The van der Waals surface area contributed by atoms with Crippen molar-refractivity contribution in [2.45, 2.75) is 13.0 Å². The third kappa shape index (κ3) is 2.89. The molecule has 1 atom stereocenters. The van der Waals surface area contributed by atoms with E-state index in [0.29, 0.717) is 0 Å². The Morgan fingerprint density at radius 3 is 2.45 bits per heavy atom. The van der Waals surface area contributed by atoms with E-state index in [1.165, 1.54) is 11.1 Å². The highest BCUT2D eigenvalue weighted by Crippen LogP contribution is 2.27. The molecule has 104 valence electrons. The Kier molecular flexibility index (Phi) is 4.09. The van der Waals surface area contributed by atoms with Crippen molar-refractivity contribution in [2.24, 2.45) is 0 Å². The summed E-state index contributed by atoms with van der Waals surface area (Å²) in [5.41, 5.74) is 3.68. The molecule has 3 rings (SSSR count). The topological polar surface area (TPSA) is 28.2 Å². The lowest BCUT2D eigenvalue weighted by molar-refractivity contribution is 0.195. The minimum Gasteiger partial charge on any atom is -0.314 e. The quantitative estimate of drug-likeness (QED) is 0.925. The first-order chi connectivity index (χ1) is 9.84. The highest BCUT2D eigenvalue weighted by atomic mass is 15.2. The fourth-order valence-electron chi connectivity index (χ4n) is 2.79. The molecule has 3 heteroatoms. The zero-order chi connectivity index (χ0) is 13.8. The zero-order valence-electron chi connectivity index (χ0n) is 11.9. The molecule has 0 bridgehead atoms. The Balaban J connectivity index is 1.96. The summed E-state index contributed by atoms with van der Waals surface area (Å²) in [5.74, 6) is 0. The van der Waals surface area contributed by atoms with E-state index in [0.717, 1.165) is 31.9 Å². The minimum absolute atomic E-state index is 0.263. The van der Waals surface area contributed by atoms with Gasteiger partial charge in [0.25, 0.3) is 0 Å². The van der Waals surface area contributed by atoms with Crippen LogP contribution in [0.15, 0.2) is 48.7 Å². The summed E-state index contributed by atoms with van der Waals surface area (Å²) < 4.78 is 0. The molecule has 1 aliphatic rings. The summed E-state index contributed by atoms with van der Waals surface area (Å²) in [4.78, 5) is 7.19. The molecule has 2 heterocycles. The Hall–Kier alpha value is -1.71. The van der Waals surface area contributed by atoms with Gasteiger partial charge < -0.3 is 5.32 Å². The second-order valence-electron chi connectivity index (χ2n) is 5.36. The van der Waals surface area contributed by atoms with Gasteiger partial charge in [-0.15, -0.1) is 0 Å². The fourth-order valence-corrected chi connectivity index (χ4v) is 2.79. The number of hydrogen-bond donors (Lipinski definition) is 1. The van der Waals surface area contributed by atoms with Crippen molar-refractivity contribution < 1.29 is 0 Å². The maximum atomic E-state index is 4.67. The van der Waals surface area contributed by atoms with Crippen LogP contribution >= 0.6 is 0 Å². The maximum absolute atomic E-state index is 4.67. The van der Waals surface area contributed by atoms with Crippen LogP contribution in [0.2, 0.25) is 0 Å². The standard InChI is InChI=1S/C17H21N3/c1-14-7-8-16(19-13-14)17(15-5-3-2-4-6-15)20-11-9-18-10-12-20/h2-8,13,17-18H,9-12H2,1H3. The van der Waals surface area contributed by atoms with E-state index in [1.807, 2.05) is 6.20 Å². The van der Waals surface area contributed by atoms with Gasteiger partial charge >= 0.3 is 0 Å². The van der Waals surface area contributed by atoms with Crippen LogP contribution in [0.5, 0.6) is 0 Å². The van der Waals surface area contributed by atoms with Crippen molar-refractivity contribution in [1.29, 1.82) is 0 Å². The lowest BCUT2D eigenvalue weighted by atomic mass is 10.0. The maximum Gasteiger partial charge on any atom is 0.0777 e. The summed E-state index contributed by atoms with van der Waals surface area (Å²) in [6.07, 6.45) is 1.97. The molecular weight excluding hydrogens is 246 g/mol. The van der Waals surface area contributed by atoms with Crippen LogP contribution in [0.4, 0.5) is 0 Å². The second kappa shape index (κ2) is 6.16. The predicted molar refractivity (Wildman–Crippen MR) is 81.7 cm³/mol. The van der Waals surface area contributed by atoms with Crippen LogP contribution in [-0.2, 0) is 0 Å². The Morgan fingerprint density at radius 1 is 1.05 bits per heavy atom. The normalized spacial score (nSPS) is 17.9. The van der Waals surface area contributed by atoms with Crippen molar-refractivity contribution in [3.63, 3.8) is 0 Å². The van der Waals surface area contributed by atoms with Gasteiger partial charge in [0.15, 0.2) is 0 Å². The number of hydrogen-bond acceptors (Lipinski definition) is 3. The van der Waals surface area contributed by atoms with Gasteiger partial charge in [0.2, 0.25) is 0 Å². The minimum atomic E-state index is 0.263. The smallest absolute Gasteiger partial charge is 0.0777 e. The third-order valence-corrected chi connectivity index (χ3v) is 3.85. The first kappa shape index (κ1) is 13.3. The number of aryl methyl sites for hydroxylation is 1. The van der Waals surface area contributed by atoms with Crippen molar-refractivity contribution in [3.05, 3.63) is 65.5 Å². The Bertz CT molecular complexity index is 530. The number of piperazine rings is 1. The molecule has 1 unspecified atom stereocenters. The van der Waals surface area contributed by atoms with Crippen molar-refractivity contribution in [1.82, 2.24) is 15.2 Å². The molecule has 0 radical (unpaired) electrons.